The van der Waals surface area contributed by atoms with E-state index < -0.39 is 0 Å². The number of anilines is 2. The maximum atomic E-state index is 13.4. The summed E-state index contributed by atoms with van der Waals surface area (Å²) >= 11 is 12.4. The first-order chi connectivity index (χ1) is 15.2. The molecule has 9 nitrogen and oxygen atoms in total. The van der Waals surface area contributed by atoms with Gasteiger partial charge in [-0.2, -0.15) is 0 Å². The maximum Gasteiger partial charge on any atom is 0.264 e. The number of aliphatic imine (C=N–C) groups is 1. The number of nitrogens with zero attached hydrogens (tertiary/aromatic N) is 5. The lowest BCUT2D eigenvalue weighted by molar-refractivity contribution is 0.0973. The van der Waals surface area contributed by atoms with Crippen LogP contribution in [0.25, 0.3) is 0 Å². The molecular weight excluding hydrogens is 453 g/mol. The molecule has 2 fully saturated rings. The molecule has 0 aliphatic carbocycles. The minimum absolute atomic E-state index is 0.000908. The van der Waals surface area contributed by atoms with Gasteiger partial charge in [0.2, 0.25) is 5.95 Å². The van der Waals surface area contributed by atoms with Crippen LogP contribution in [0.2, 0.25) is 10.2 Å². The predicted octanol–water partition coefficient (Wildman–Crippen LogP) is 1.75. The van der Waals surface area contributed by atoms with Gasteiger partial charge in [-0.3, -0.25) is 14.4 Å². The van der Waals surface area contributed by atoms with Crippen LogP contribution in [0.5, 0.6) is 0 Å². The van der Waals surface area contributed by atoms with E-state index in [2.05, 4.69) is 14.9 Å². The Morgan fingerprint density at radius 2 is 1.97 bits per heavy atom. The molecule has 3 aliphatic heterocycles. The highest BCUT2D eigenvalue weighted by Crippen LogP contribution is 2.41. The fourth-order valence-corrected chi connectivity index (χ4v) is 5.42. The van der Waals surface area contributed by atoms with Crippen LogP contribution in [0, 0.1) is 5.41 Å². The average molecular weight is 478 g/mol. The first kappa shape index (κ1) is 21.6. The Labute approximate surface area is 195 Å². The summed E-state index contributed by atoms with van der Waals surface area (Å²) in [4.78, 5) is 28.9. The third kappa shape index (κ3) is 3.22. The van der Waals surface area contributed by atoms with E-state index in [4.69, 9.17) is 44.4 Å². The second kappa shape index (κ2) is 7.69. The number of nitrogens with two attached hydrogens (primary N) is 2. The van der Waals surface area contributed by atoms with Gasteiger partial charge in [0, 0.05) is 37.2 Å². The normalized spacial score (nSPS) is 24.2. The monoisotopic (exact) mass is 477 g/mol. The summed E-state index contributed by atoms with van der Waals surface area (Å²) in [6.07, 6.45) is 1.87. The van der Waals surface area contributed by atoms with Crippen molar-refractivity contribution in [3.05, 3.63) is 43.4 Å². The Balaban J connectivity index is 1.46. The molecule has 5 rings (SSSR count). The Morgan fingerprint density at radius 3 is 2.62 bits per heavy atom. The zero-order chi connectivity index (χ0) is 22.8. The van der Waals surface area contributed by atoms with Crippen LogP contribution < -0.4 is 21.9 Å². The van der Waals surface area contributed by atoms with Crippen LogP contribution in [0.15, 0.2) is 15.9 Å². The lowest BCUT2D eigenvalue weighted by atomic mass is 9.73. The molecule has 0 radical (unpaired) electrons. The highest BCUT2D eigenvalue weighted by atomic mass is 35.5. The van der Waals surface area contributed by atoms with Crippen LogP contribution in [-0.4, -0.2) is 52.1 Å². The molecule has 3 aliphatic rings. The number of nitrogen functional groups attached to an aromatic ring is 1. The number of halogens is 2. The van der Waals surface area contributed by atoms with Crippen LogP contribution in [0.4, 0.5) is 11.8 Å². The van der Waals surface area contributed by atoms with Crippen molar-refractivity contribution in [3.63, 3.8) is 0 Å². The van der Waals surface area contributed by atoms with Gasteiger partial charge >= 0.3 is 0 Å². The van der Waals surface area contributed by atoms with Gasteiger partial charge in [0.15, 0.2) is 5.15 Å². The number of pyridine rings is 1. The van der Waals surface area contributed by atoms with Crippen molar-refractivity contribution in [2.75, 3.05) is 30.3 Å². The third-order valence-corrected chi connectivity index (χ3v) is 7.80. The van der Waals surface area contributed by atoms with E-state index in [1.165, 1.54) is 0 Å². The van der Waals surface area contributed by atoms with Gasteiger partial charge in [0.25, 0.3) is 5.56 Å². The summed E-state index contributed by atoms with van der Waals surface area (Å²) in [5, 5.41) is 0.286. The topological polar surface area (TPSA) is 125 Å². The van der Waals surface area contributed by atoms with Crippen molar-refractivity contribution < 1.29 is 4.74 Å². The standard InChI is InChI=1S/C21H25Cl2N7O2/c1-10-17(25)21(9-32-10)3-5-30(6-4-21)20-27-12-8-26-16(14(12)19(31)29(20)2)11-7-13(24)28-18(23)15(11)22/h7,10,17H,3-6,8-9,25H2,1-2H3,(H2,24,28)/t10-,17+/m0/s1. The van der Waals surface area contributed by atoms with Gasteiger partial charge in [0.1, 0.15) is 5.82 Å². The third-order valence-electron chi connectivity index (χ3n) is 7.05. The molecule has 4 N–H and O–H groups in total. The summed E-state index contributed by atoms with van der Waals surface area (Å²) < 4.78 is 7.39. The maximum absolute atomic E-state index is 13.4. The number of hydrogen-bond acceptors (Lipinski definition) is 8. The van der Waals surface area contributed by atoms with E-state index in [9.17, 15) is 4.79 Å². The van der Waals surface area contributed by atoms with Gasteiger partial charge in [0.05, 0.1) is 41.2 Å². The molecule has 2 saturated heterocycles. The molecule has 0 unspecified atom stereocenters. The van der Waals surface area contributed by atoms with Gasteiger partial charge in [-0.05, 0) is 25.8 Å². The first-order valence-corrected chi connectivity index (χ1v) is 11.4. The number of rotatable bonds is 2. The predicted molar refractivity (Wildman–Crippen MR) is 125 cm³/mol. The van der Waals surface area contributed by atoms with Gasteiger partial charge in [-0.15, -0.1) is 0 Å². The van der Waals surface area contributed by atoms with Gasteiger partial charge in [-0.1, -0.05) is 23.2 Å². The zero-order valence-electron chi connectivity index (χ0n) is 17.9. The molecule has 0 amide bonds. The van der Waals surface area contributed by atoms with Gasteiger partial charge in [-0.25, -0.2) is 9.97 Å². The van der Waals surface area contributed by atoms with Crippen molar-refractivity contribution in [2.45, 2.75) is 38.5 Å². The molecule has 1 spiro atoms. The van der Waals surface area contributed by atoms with Crippen molar-refractivity contribution in [3.8, 4) is 0 Å². The van der Waals surface area contributed by atoms with E-state index in [1.54, 1.807) is 17.7 Å². The van der Waals surface area contributed by atoms with Crippen molar-refractivity contribution in [1.82, 2.24) is 14.5 Å². The molecule has 0 saturated carbocycles. The number of hydrogen-bond donors (Lipinski definition) is 2. The molecule has 11 heteroatoms. The Kier molecular flexibility index (Phi) is 5.20. The summed E-state index contributed by atoms with van der Waals surface area (Å²) in [5.41, 5.74) is 14.1. The lowest BCUT2D eigenvalue weighted by Gasteiger charge is -2.41. The second-order valence-corrected chi connectivity index (χ2v) is 9.59. The summed E-state index contributed by atoms with van der Waals surface area (Å²) in [6.45, 7) is 4.54. The summed E-state index contributed by atoms with van der Waals surface area (Å²) in [5.74, 6) is 0.844. The minimum Gasteiger partial charge on any atom is -0.384 e. The van der Waals surface area contributed by atoms with E-state index in [-0.39, 0.29) is 45.7 Å². The molecule has 32 heavy (non-hydrogen) atoms. The number of aromatic nitrogens is 3. The highest BCUT2D eigenvalue weighted by molar-refractivity contribution is 6.44. The van der Waals surface area contributed by atoms with Crippen LogP contribution >= 0.6 is 23.2 Å². The smallest absolute Gasteiger partial charge is 0.264 e. The second-order valence-electron chi connectivity index (χ2n) is 8.85. The largest absolute Gasteiger partial charge is 0.384 e. The van der Waals surface area contributed by atoms with E-state index in [1.807, 2.05) is 6.92 Å². The number of piperidine rings is 1. The molecule has 2 aromatic rings. The van der Waals surface area contributed by atoms with Crippen molar-refractivity contribution in [1.29, 1.82) is 0 Å². The molecule has 0 bridgehead atoms. The molecule has 5 heterocycles. The van der Waals surface area contributed by atoms with Crippen molar-refractivity contribution in [2.24, 2.45) is 23.2 Å². The zero-order valence-corrected chi connectivity index (χ0v) is 19.4. The average Bonchev–Trinajstić information content (AvgIpc) is 3.31. The molecule has 0 aromatic carbocycles. The SMILES string of the molecule is C[C@@H]1OCC2(CCN(c3nc4c(c(=O)n3C)C(c3cc(N)nc(Cl)c3Cl)=NC4)CC2)[C@@H]1N. The van der Waals surface area contributed by atoms with Crippen LogP contribution in [0.3, 0.4) is 0 Å². The molecule has 170 valence electrons. The van der Waals surface area contributed by atoms with Crippen LogP contribution in [-0.2, 0) is 18.3 Å². The van der Waals surface area contributed by atoms with Crippen LogP contribution in [0.1, 0.15) is 36.6 Å². The molecule has 2 atom stereocenters. The lowest BCUT2D eigenvalue weighted by Crippen LogP contribution is -2.51. The summed E-state index contributed by atoms with van der Waals surface area (Å²) in [7, 11) is 1.73. The first-order valence-electron chi connectivity index (χ1n) is 10.6. The summed E-state index contributed by atoms with van der Waals surface area (Å²) in [6, 6.07) is 1.61. The van der Waals surface area contributed by atoms with E-state index in [0.29, 0.717) is 35.1 Å². The van der Waals surface area contributed by atoms with E-state index in [0.717, 1.165) is 25.9 Å². The number of fused-ring (bicyclic) bond motifs is 1. The van der Waals surface area contributed by atoms with Crippen molar-refractivity contribution >= 4 is 40.7 Å². The highest BCUT2D eigenvalue weighted by Gasteiger charge is 2.48. The minimum atomic E-state index is -0.182. The molecular formula is C21H25Cl2N7O2. The molecule has 2 aromatic heterocycles. The quantitative estimate of drug-likeness (QED) is 0.630. The van der Waals surface area contributed by atoms with Gasteiger partial charge < -0.3 is 21.1 Å². The van der Waals surface area contributed by atoms with E-state index >= 15 is 0 Å². The number of ether oxygens (including phenoxy) is 1. The Hall–Kier alpha value is -2.20. The Morgan fingerprint density at radius 1 is 1.25 bits per heavy atom. The fraction of sp³-hybridized carbons (Fsp3) is 0.524. The Bertz CT molecular complexity index is 1190. The fourth-order valence-electron chi connectivity index (χ4n) is 5.04.